The number of para-hydroxylation sites is 1. The summed E-state index contributed by atoms with van der Waals surface area (Å²) in [5.41, 5.74) is 6.69. The molecule has 2 rings (SSSR count). The zero-order chi connectivity index (χ0) is 21.8. The van der Waals surface area contributed by atoms with Crippen molar-refractivity contribution in [3.05, 3.63) is 65.7 Å². The second-order valence-corrected chi connectivity index (χ2v) is 6.44. The first-order valence-corrected chi connectivity index (χ1v) is 9.67. The molecule has 30 heavy (non-hydrogen) atoms. The molecule has 0 bridgehead atoms. The summed E-state index contributed by atoms with van der Waals surface area (Å²) in [5, 5.41) is 2.71. The molecule has 0 aromatic heterocycles. The van der Waals surface area contributed by atoms with Crippen molar-refractivity contribution >= 4 is 29.4 Å². The summed E-state index contributed by atoms with van der Waals surface area (Å²) in [5.74, 6) is -1.86. The van der Waals surface area contributed by atoms with Crippen LogP contribution in [0.5, 0.6) is 0 Å². The van der Waals surface area contributed by atoms with Gasteiger partial charge in [-0.05, 0) is 36.6 Å². The van der Waals surface area contributed by atoms with E-state index >= 15 is 0 Å². The Morgan fingerprint density at radius 1 is 0.833 bits per heavy atom. The maximum absolute atomic E-state index is 11.9. The fraction of sp³-hybridized carbons (Fsp3) is 0.273. The SMILES string of the molecule is CCc1ccccc1NC(=O)COC(=O)CCCC(=O)NNC(=O)c1ccccc1. The molecular formula is C22H25N3O5. The molecule has 0 unspecified atom stereocenters. The maximum atomic E-state index is 11.9. The van der Waals surface area contributed by atoms with Crippen molar-refractivity contribution in [3.8, 4) is 0 Å². The van der Waals surface area contributed by atoms with Gasteiger partial charge in [0.2, 0.25) is 5.91 Å². The average molecular weight is 411 g/mol. The van der Waals surface area contributed by atoms with Crippen LogP contribution in [0, 0.1) is 0 Å². The highest BCUT2D eigenvalue weighted by Gasteiger charge is 2.11. The Balaban J connectivity index is 1.61. The summed E-state index contributed by atoms with van der Waals surface area (Å²) in [6.07, 6.45) is 1.01. The van der Waals surface area contributed by atoms with Gasteiger partial charge in [0.1, 0.15) is 0 Å². The molecule has 0 aliphatic carbocycles. The molecule has 0 atom stereocenters. The van der Waals surface area contributed by atoms with Crippen LogP contribution in [-0.2, 0) is 25.5 Å². The zero-order valence-electron chi connectivity index (χ0n) is 16.8. The Bertz CT molecular complexity index is 883. The Morgan fingerprint density at radius 3 is 2.27 bits per heavy atom. The lowest BCUT2D eigenvalue weighted by atomic mass is 10.1. The molecule has 0 saturated heterocycles. The van der Waals surface area contributed by atoms with E-state index in [9.17, 15) is 19.2 Å². The summed E-state index contributed by atoms with van der Waals surface area (Å²) in [7, 11) is 0. The summed E-state index contributed by atoms with van der Waals surface area (Å²) in [4.78, 5) is 47.3. The smallest absolute Gasteiger partial charge is 0.306 e. The van der Waals surface area contributed by atoms with Crippen molar-refractivity contribution in [2.45, 2.75) is 32.6 Å². The lowest BCUT2D eigenvalue weighted by Gasteiger charge is -2.10. The van der Waals surface area contributed by atoms with E-state index < -0.39 is 30.3 Å². The van der Waals surface area contributed by atoms with E-state index in [0.29, 0.717) is 11.3 Å². The van der Waals surface area contributed by atoms with Crippen LogP contribution < -0.4 is 16.2 Å². The first-order chi connectivity index (χ1) is 14.5. The first kappa shape index (κ1) is 22.6. The molecule has 0 heterocycles. The molecule has 8 nitrogen and oxygen atoms in total. The van der Waals surface area contributed by atoms with Crippen molar-refractivity contribution in [3.63, 3.8) is 0 Å². The van der Waals surface area contributed by atoms with Gasteiger partial charge in [0.25, 0.3) is 11.8 Å². The number of hydrogen-bond acceptors (Lipinski definition) is 5. The summed E-state index contributed by atoms with van der Waals surface area (Å²) >= 11 is 0. The molecule has 0 spiro atoms. The van der Waals surface area contributed by atoms with E-state index in [0.717, 1.165) is 12.0 Å². The molecule has 8 heteroatoms. The quantitative estimate of drug-likeness (QED) is 0.433. The van der Waals surface area contributed by atoms with Crippen LogP contribution in [0.25, 0.3) is 0 Å². The average Bonchev–Trinajstić information content (AvgIpc) is 2.77. The van der Waals surface area contributed by atoms with Crippen LogP contribution in [-0.4, -0.2) is 30.3 Å². The normalized spacial score (nSPS) is 10.0. The molecule has 0 saturated carbocycles. The summed E-state index contributed by atoms with van der Waals surface area (Å²) in [6.45, 7) is 1.59. The van der Waals surface area contributed by atoms with E-state index in [1.807, 2.05) is 25.1 Å². The number of benzene rings is 2. The van der Waals surface area contributed by atoms with Crippen LogP contribution in [0.3, 0.4) is 0 Å². The second-order valence-electron chi connectivity index (χ2n) is 6.44. The van der Waals surface area contributed by atoms with Crippen molar-refractivity contribution < 1.29 is 23.9 Å². The van der Waals surface area contributed by atoms with Crippen LogP contribution >= 0.6 is 0 Å². The number of nitrogens with one attached hydrogen (secondary N) is 3. The zero-order valence-corrected chi connectivity index (χ0v) is 16.8. The van der Waals surface area contributed by atoms with E-state index in [1.54, 1.807) is 36.4 Å². The van der Waals surface area contributed by atoms with Crippen molar-refractivity contribution in [1.82, 2.24) is 10.9 Å². The van der Waals surface area contributed by atoms with Crippen LogP contribution in [0.15, 0.2) is 54.6 Å². The Morgan fingerprint density at radius 2 is 1.53 bits per heavy atom. The summed E-state index contributed by atoms with van der Waals surface area (Å²) < 4.78 is 4.93. The van der Waals surface area contributed by atoms with Gasteiger partial charge in [0.05, 0.1) is 0 Å². The van der Waals surface area contributed by atoms with Crippen molar-refractivity contribution in [2.75, 3.05) is 11.9 Å². The maximum Gasteiger partial charge on any atom is 0.306 e. The number of esters is 1. The fourth-order valence-electron chi connectivity index (χ4n) is 2.60. The van der Waals surface area contributed by atoms with Crippen molar-refractivity contribution in [1.29, 1.82) is 0 Å². The third-order valence-electron chi connectivity index (χ3n) is 4.17. The van der Waals surface area contributed by atoms with Gasteiger partial charge in [0, 0.05) is 24.1 Å². The molecular weight excluding hydrogens is 386 g/mol. The monoisotopic (exact) mass is 411 g/mol. The lowest BCUT2D eigenvalue weighted by Crippen LogP contribution is -2.41. The molecule has 2 aromatic rings. The van der Waals surface area contributed by atoms with Gasteiger partial charge in [-0.2, -0.15) is 0 Å². The van der Waals surface area contributed by atoms with Gasteiger partial charge in [-0.25, -0.2) is 0 Å². The lowest BCUT2D eigenvalue weighted by molar-refractivity contribution is -0.147. The third-order valence-corrected chi connectivity index (χ3v) is 4.17. The number of rotatable bonds is 9. The van der Waals surface area contributed by atoms with Crippen molar-refractivity contribution in [2.24, 2.45) is 0 Å². The van der Waals surface area contributed by atoms with E-state index in [4.69, 9.17) is 4.74 Å². The van der Waals surface area contributed by atoms with Gasteiger partial charge in [-0.3, -0.25) is 30.0 Å². The molecule has 3 N–H and O–H groups in total. The Kier molecular flexibility index (Phi) is 9.05. The van der Waals surface area contributed by atoms with Gasteiger partial charge in [0.15, 0.2) is 6.61 Å². The Labute approximate surface area is 175 Å². The molecule has 2 aromatic carbocycles. The number of amides is 3. The molecule has 0 fully saturated rings. The largest absolute Gasteiger partial charge is 0.456 e. The predicted molar refractivity (Wildman–Crippen MR) is 111 cm³/mol. The minimum absolute atomic E-state index is 0.0150. The number of carbonyl (C=O) groups is 4. The predicted octanol–water partition coefficient (Wildman–Crippen LogP) is 2.36. The number of carbonyl (C=O) groups excluding carboxylic acids is 4. The van der Waals surface area contributed by atoms with E-state index in [1.165, 1.54) is 0 Å². The van der Waals surface area contributed by atoms with Gasteiger partial charge in [-0.15, -0.1) is 0 Å². The minimum Gasteiger partial charge on any atom is -0.456 e. The van der Waals surface area contributed by atoms with E-state index in [-0.39, 0.29) is 19.3 Å². The van der Waals surface area contributed by atoms with Gasteiger partial charge in [-0.1, -0.05) is 43.3 Å². The first-order valence-electron chi connectivity index (χ1n) is 9.67. The Hall–Kier alpha value is -3.68. The number of hydrazine groups is 1. The molecule has 158 valence electrons. The molecule has 0 aliphatic heterocycles. The van der Waals surface area contributed by atoms with Crippen LogP contribution in [0.2, 0.25) is 0 Å². The minimum atomic E-state index is -0.574. The van der Waals surface area contributed by atoms with E-state index in [2.05, 4.69) is 16.2 Å². The molecule has 0 radical (unpaired) electrons. The number of hydrogen-bond donors (Lipinski definition) is 3. The number of ether oxygens (including phenoxy) is 1. The number of anilines is 1. The van der Waals surface area contributed by atoms with Gasteiger partial charge >= 0.3 is 5.97 Å². The summed E-state index contributed by atoms with van der Waals surface area (Å²) in [6, 6.07) is 15.8. The highest BCUT2D eigenvalue weighted by atomic mass is 16.5. The van der Waals surface area contributed by atoms with Crippen LogP contribution in [0.4, 0.5) is 5.69 Å². The third kappa shape index (κ3) is 7.75. The molecule has 0 aliphatic rings. The highest BCUT2D eigenvalue weighted by Crippen LogP contribution is 2.15. The number of aryl methyl sites for hydroxylation is 1. The van der Waals surface area contributed by atoms with Crippen LogP contribution in [0.1, 0.15) is 42.1 Å². The van der Waals surface area contributed by atoms with Gasteiger partial charge < -0.3 is 10.1 Å². The highest BCUT2D eigenvalue weighted by molar-refractivity contribution is 5.95. The topological polar surface area (TPSA) is 114 Å². The second kappa shape index (κ2) is 12.0. The molecule has 3 amide bonds. The standard InChI is InChI=1S/C22H25N3O5/c1-2-16-9-6-7-12-18(16)23-20(27)15-30-21(28)14-8-13-19(26)24-25-22(29)17-10-4-3-5-11-17/h3-7,9-12H,2,8,13-15H2,1H3,(H,23,27)(H,24,26)(H,25,29). The fourth-order valence-corrected chi connectivity index (χ4v) is 2.60.